The molecule has 0 saturated carbocycles. The van der Waals surface area contributed by atoms with Gasteiger partial charge in [0.2, 0.25) is 0 Å². The molecule has 1 unspecified atom stereocenters. The van der Waals surface area contributed by atoms with E-state index < -0.39 is 12.6 Å². The molecule has 86 valence electrons. The summed E-state index contributed by atoms with van der Waals surface area (Å²) in [5.74, 6) is 0.632. The minimum atomic E-state index is -0.819. The van der Waals surface area contributed by atoms with Crippen LogP contribution < -0.4 is 4.74 Å². The maximum atomic E-state index is 10.8. The summed E-state index contributed by atoms with van der Waals surface area (Å²) in [5.41, 5.74) is 1.22. The van der Waals surface area contributed by atoms with Crippen molar-refractivity contribution >= 4 is 6.16 Å². The molecule has 1 saturated heterocycles. The molecule has 1 aliphatic heterocycles. The van der Waals surface area contributed by atoms with Crippen LogP contribution in [0.5, 0.6) is 5.75 Å². The summed E-state index contributed by atoms with van der Waals surface area (Å²) in [5, 5.41) is 1.22. The molecule has 0 aromatic heterocycles. The lowest BCUT2D eigenvalue weighted by Crippen LogP contribution is -2.30. The van der Waals surface area contributed by atoms with Crippen LogP contribution in [0.1, 0.15) is 12.5 Å². The summed E-state index contributed by atoms with van der Waals surface area (Å²) in [7, 11) is 1.57. The lowest BCUT2D eigenvalue weighted by molar-refractivity contribution is -0.166. The van der Waals surface area contributed by atoms with Gasteiger partial charge in [-0.05, 0) is 24.1 Å². The molecule has 0 N–H and O–H groups in total. The van der Waals surface area contributed by atoms with Gasteiger partial charge in [0.05, 0.1) is 0 Å². The number of cyclic esters (lactones) is 1. The topological polar surface area (TPSA) is 48.0 Å². The molecule has 1 heterocycles. The highest BCUT2D eigenvalue weighted by atomic mass is 16.9. The number of benzene rings is 1. The van der Waals surface area contributed by atoms with E-state index in [0.29, 0.717) is 5.75 Å². The number of ether oxygens (including phenoxy) is 2. The van der Waals surface area contributed by atoms with Gasteiger partial charge in [-0.25, -0.2) is 4.79 Å². The molecular formula is C11H13NO4. The Morgan fingerprint density at radius 3 is 2.56 bits per heavy atom. The largest absolute Gasteiger partial charge is 0.532 e. The van der Waals surface area contributed by atoms with Crippen molar-refractivity contribution in [3.05, 3.63) is 29.8 Å². The van der Waals surface area contributed by atoms with Gasteiger partial charge in [0, 0.05) is 7.05 Å². The predicted molar refractivity (Wildman–Crippen MR) is 55.6 cm³/mol. The molecule has 5 heteroatoms. The van der Waals surface area contributed by atoms with Crippen LogP contribution in [0.2, 0.25) is 0 Å². The van der Waals surface area contributed by atoms with Crippen LogP contribution in [-0.4, -0.2) is 24.7 Å². The zero-order valence-electron chi connectivity index (χ0n) is 9.17. The molecule has 0 spiro atoms. The second-order valence-electron chi connectivity index (χ2n) is 3.43. The molecule has 1 aromatic rings. The van der Waals surface area contributed by atoms with Gasteiger partial charge in [0.1, 0.15) is 5.75 Å². The van der Waals surface area contributed by atoms with E-state index in [-0.39, 0.29) is 0 Å². The fraction of sp³-hybridized carbons (Fsp3) is 0.364. The summed E-state index contributed by atoms with van der Waals surface area (Å²) in [6, 6.07) is 7.59. The third-order valence-electron chi connectivity index (χ3n) is 2.28. The van der Waals surface area contributed by atoms with Crippen molar-refractivity contribution in [1.29, 1.82) is 0 Å². The zero-order valence-corrected chi connectivity index (χ0v) is 9.17. The predicted octanol–water partition coefficient (Wildman–Crippen LogP) is 1.93. The molecule has 2 rings (SSSR count). The first-order valence-electron chi connectivity index (χ1n) is 5.06. The van der Waals surface area contributed by atoms with Crippen LogP contribution in [0.15, 0.2) is 24.3 Å². The minimum absolute atomic E-state index is 0.632. The van der Waals surface area contributed by atoms with Gasteiger partial charge in [0.15, 0.2) is 0 Å². The van der Waals surface area contributed by atoms with Crippen molar-refractivity contribution in [1.82, 2.24) is 5.06 Å². The van der Waals surface area contributed by atoms with Crippen molar-refractivity contribution in [2.45, 2.75) is 19.8 Å². The van der Waals surface area contributed by atoms with Crippen LogP contribution in [0.4, 0.5) is 4.79 Å². The third kappa shape index (κ3) is 2.25. The van der Waals surface area contributed by atoms with E-state index in [4.69, 9.17) is 9.47 Å². The lowest BCUT2D eigenvalue weighted by atomic mass is 10.2. The van der Waals surface area contributed by atoms with Crippen molar-refractivity contribution in [2.24, 2.45) is 0 Å². The molecule has 1 aliphatic rings. The summed E-state index contributed by atoms with van der Waals surface area (Å²) < 4.78 is 10.2. The maximum Gasteiger partial charge on any atom is 0.532 e. The van der Waals surface area contributed by atoms with Crippen LogP contribution in [-0.2, 0) is 16.0 Å². The van der Waals surface area contributed by atoms with Gasteiger partial charge in [-0.1, -0.05) is 24.1 Å². The number of carbonyl (C=O) groups excluding carboxylic acids is 1. The molecule has 0 aliphatic carbocycles. The minimum Gasteiger partial charge on any atom is -0.439 e. The number of hydrogen-bond donors (Lipinski definition) is 0. The Kier molecular flexibility index (Phi) is 2.96. The Bertz CT molecular complexity index is 376. The molecule has 0 bridgehead atoms. The number of hydroxylamine groups is 2. The molecule has 5 nitrogen and oxygen atoms in total. The molecule has 1 aromatic carbocycles. The Morgan fingerprint density at radius 2 is 2.06 bits per heavy atom. The number of rotatable bonds is 3. The second-order valence-corrected chi connectivity index (χ2v) is 3.43. The van der Waals surface area contributed by atoms with Gasteiger partial charge < -0.3 is 14.3 Å². The first-order chi connectivity index (χ1) is 7.69. The van der Waals surface area contributed by atoms with Crippen LogP contribution in [0.3, 0.4) is 0 Å². The average molecular weight is 223 g/mol. The Balaban J connectivity index is 2.00. The SMILES string of the molecule is CCc1ccc(OC2OC(=O)ON2C)cc1. The number of hydrogen-bond acceptors (Lipinski definition) is 5. The van der Waals surface area contributed by atoms with Gasteiger partial charge in [-0.15, -0.1) is 0 Å². The van der Waals surface area contributed by atoms with E-state index in [9.17, 15) is 4.79 Å². The highest BCUT2D eigenvalue weighted by molar-refractivity contribution is 5.60. The van der Waals surface area contributed by atoms with E-state index in [2.05, 4.69) is 11.8 Å². The zero-order chi connectivity index (χ0) is 11.5. The summed E-state index contributed by atoms with van der Waals surface area (Å²) >= 11 is 0. The highest BCUT2D eigenvalue weighted by Crippen LogP contribution is 2.19. The Labute approximate surface area is 93.5 Å². The first-order valence-corrected chi connectivity index (χ1v) is 5.06. The number of carbonyl (C=O) groups is 1. The normalized spacial score (nSPS) is 20.4. The lowest BCUT2D eigenvalue weighted by Gasteiger charge is -2.15. The Morgan fingerprint density at radius 1 is 1.38 bits per heavy atom. The molecule has 0 radical (unpaired) electrons. The molecule has 1 fully saturated rings. The van der Waals surface area contributed by atoms with Crippen LogP contribution >= 0.6 is 0 Å². The molecular weight excluding hydrogens is 210 g/mol. The van der Waals surface area contributed by atoms with Gasteiger partial charge in [-0.3, -0.25) is 0 Å². The van der Waals surface area contributed by atoms with Gasteiger partial charge in [-0.2, -0.15) is 0 Å². The first kappa shape index (κ1) is 10.8. The third-order valence-corrected chi connectivity index (χ3v) is 2.28. The van der Waals surface area contributed by atoms with E-state index in [1.807, 2.05) is 24.3 Å². The fourth-order valence-corrected chi connectivity index (χ4v) is 1.36. The van der Waals surface area contributed by atoms with Crippen molar-refractivity contribution in [3.8, 4) is 5.75 Å². The molecule has 1 atom stereocenters. The van der Waals surface area contributed by atoms with Gasteiger partial charge in [0.25, 0.3) is 0 Å². The number of aryl methyl sites for hydroxylation is 1. The smallest absolute Gasteiger partial charge is 0.439 e. The summed E-state index contributed by atoms with van der Waals surface area (Å²) in [6.07, 6.45) is -0.598. The quantitative estimate of drug-likeness (QED) is 0.733. The van der Waals surface area contributed by atoms with Crippen molar-refractivity contribution in [3.63, 3.8) is 0 Å². The van der Waals surface area contributed by atoms with Gasteiger partial charge >= 0.3 is 12.6 Å². The van der Waals surface area contributed by atoms with E-state index >= 15 is 0 Å². The van der Waals surface area contributed by atoms with Crippen molar-refractivity contribution < 1.29 is 19.1 Å². The van der Waals surface area contributed by atoms with Crippen LogP contribution in [0.25, 0.3) is 0 Å². The van der Waals surface area contributed by atoms with E-state index in [1.165, 1.54) is 10.6 Å². The maximum absolute atomic E-state index is 10.8. The highest BCUT2D eigenvalue weighted by Gasteiger charge is 2.33. The Hall–Kier alpha value is -1.75. The monoisotopic (exact) mass is 223 g/mol. The standard InChI is InChI=1S/C11H13NO4/c1-3-8-4-6-9(7-5-8)14-10-12(2)16-11(13)15-10/h4-7,10H,3H2,1-2H3. The van der Waals surface area contributed by atoms with E-state index in [1.54, 1.807) is 7.05 Å². The second kappa shape index (κ2) is 4.40. The number of nitrogens with zero attached hydrogens (tertiary/aromatic N) is 1. The average Bonchev–Trinajstić information content (AvgIpc) is 2.59. The molecule has 0 amide bonds. The molecule has 16 heavy (non-hydrogen) atoms. The van der Waals surface area contributed by atoms with Crippen molar-refractivity contribution in [2.75, 3.05) is 7.05 Å². The summed E-state index contributed by atoms with van der Waals surface area (Å²) in [4.78, 5) is 15.4. The van der Waals surface area contributed by atoms with E-state index in [0.717, 1.165) is 6.42 Å². The summed E-state index contributed by atoms with van der Waals surface area (Å²) in [6.45, 7) is 2.08. The fourth-order valence-electron chi connectivity index (χ4n) is 1.36. The van der Waals surface area contributed by atoms with Crippen LogP contribution in [0, 0.1) is 0 Å².